The first-order valence-corrected chi connectivity index (χ1v) is 10.7. The van der Waals surface area contributed by atoms with E-state index in [0.29, 0.717) is 17.9 Å². The first kappa shape index (κ1) is 17.2. The van der Waals surface area contributed by atoms with E-state index < -0.39 is 0 Å². The van der Waals surface area contributed by atoms with Crippen molar-refractivity contribution < 1.29 is 4.74 Å². The zero-order chi connectivity index (χ0) is 17.4. The van der Waals surface area contributed by atoms with Gasteiger partial charge in [0.1, 0.15) is 0 Å². The summed E-state index contributed by atoms with van der Waals surface area (Å²) < 4.78 is 6.20. The van der Waals surface area contributed by atoms with Crippen molar-refractivity contribution in [1.29, 1.82) is 0 Å². The van der Waals surface area contributed by atoms with Crippen LogP contribution >= 0.6 is 0 Å². The molecule has 1 aromatic rings. The van der Waals surface area contributed by atoms with E-state index in [1.807, 2.05) is 18.5 Å². The number of hydrogen-bond donors (Lipinski definition) is 0. The smallest absolute Gasteiger partial charge is 0.0731 e. The fourth-order valence-corrected chi connectivity index (χ4v) is 5.25. The molecule has 1 spiro atoms. The molecule has 0 radical (unpaired) electrons. The predicted molar refractivity (Wildman–Crippen MR) is 103 cm³/mol. The predicted octanol–water partition coefficient (Wildman–Crippen LogP) is 3.04. The van der Waals surface area contributed by atoms with Gasteiger partial charge in [0.05, 0.1) is 13.2 Å². The van der Waals surface area contributed by atoms with Gasteiger partial charge in [0.25, 0.3) is 0 Å². The quantitative estimate of drug-likeness (QED) is 0.717. The molecule has 4 heteroatoms. The van der Waals surface area contributed by atoms with Gasteiger partial charge in [0.2, 0.25) is 0 Å². The van der Waals surface area contributed by atoms with Gasteiger partial charge >= 0.3 is 0 Å². The van der Waals surface area contributed by atoms with Gasteiger partial charge in [-0.15, -0.1) is 0 Å². The Labute approximate surface area is 157 Å². The molecule has 0 bridgehead atoms. The molecule has 26 heavy (non-hydrogen) atoms. The van der Waals surface area contributed by atoms with E-state index in [1.165, 1.54) is 76.9 Å². The van der Waals surface area contributed by atoms with Crippen molar-refractivity contribution in [2.45, 2.75) is 38.7 Å². The van der Waals surface area contributed by atoms with Crippen LogP contribution in [0.5, 0.6) is 0 Å². The SMILES string of the molecule is c1cncc(COC[C@H]2CN(CC3CC3)C[C@@]23CCN(CC2CC2)C3)c1. The molecule has 2 saturated heterocycles. The van der Waals surface area contributed by atoms with Crippen molar-refractivity contribution in [2.75, 3.05) is 45.9 Å². The van der Waals surface area contributed by atoms with Crippen molar-refractivity contribution in [1.82, 2.24) is 14.8 Å². The molecule has 0 amide bonds. The molecule has 2 atom stereocenters. The van der Waals surface area contributed by atoms with Gasteiger partial charge in [-0.1, -0.05) is 6.07 Å². The monoisotopic (exact) mass is 355 g/mol. The van der Waals surface area contributed by atoms with Gasteiger partial charge in [-0.05, 0) is 62.1 Å². The Kier molecular flexibility index (Phi) is 4.76. The van der Waals surface area contributed by atoms with E-state index in [9.17, 15) is 0 Å². The number of pyridine rings is 1. The lowest BCUT2D eigenvalue weighted by Crippen LogP contribution is -2.37. The molecule has 2 saturated carbocycles. The summed E-state index contributed by atoms with van der Waals surface area (Å²) in [5, 5.41) is 0. The summed E-state index contributed by atoms with van der Waals surface area (Å²) in [4.78, 5) is 9.75. The number of ether oxygens (including phenoxy) is 1. The summed E-state index contributed by atoms with van der Waals surface area (Å²) >= 11 is 0. The van der Waals surface area contributed by atoms with Crippen LogP contribution in [-0.4, -0.2) is 60.7 Å². The van der Waals surface area contributed by atoms with E-state index in [1.54, 1.807) is 0 Å². The van der Waals surface area contributed by atoms with E-state index >= 15 is 0 Å². The zero-order valence-electron chi connectivity index (χ0n) is 16.0. The maximum Gasteiger partial charge on any atom is 0.0731 e. The lowest BCUT2D eigenvalue weighted by atomic mass is 9.77. The minimum absolute atomic E-state index is 0.485. The molecule has 4 aliphatic rings. The standard InChI is InChI=1S/C22H33N3O/c1-2-20(10-23-8-1)14-26-15-21-13-25(12-19-5-6-19)17-22(21)7-9-24(16-22)11-18-3-4-18/h1-2,8,10,18-19,21H,3-7,9,11-17H2/t21-,22+/m1/s1. The maximum atomic E-state index is 6.20. The summed E-state index contributed by atoms with van der Waals surface area (Å²) in [6.45, 7) is 9.49. The Morgan fingerprint density at radius 2 is 1.85 bits per heavy atom. The van der Waals surface area contributed by atoms with E-state index in [-0.39, 0.29) is 0 Å². The Hall–Kier alpha value is -0.970. The second-order valence-corrected chi connectivity index (χ2v) is 9.50. The van der Waals surface area contributed by atoms with E-state index in [2.05, 4.69) is 20.9 Å². The molecule has 2 aliphatic carbocycles. The largest absolute Gasteiger partial charge is 0.376 e. The van der Waals surface area contributed by atoms with Crippen LogP contribution in [-0.2, 0) is 11.3 Å². The number of hydrogen-bond acceptors (Lipinski definition) is 4. The van der Waals surface area contributed by atoms with Crippen LogP contribution in [0.15, 0.2) is 24.5 Å². The topological polar surface area (TPSA) is 28.6 Å². The lowest BCUT2D eigenvalue weighted by Gasteiger charge is -2.30. The number of nitrogens with zero attached hydrogens (tertiary/aromatic N) is 3. The minimum Gasteiger partial charge on any atom is -0.376 e. The zero-order valence-corrected chi connectivity index (χ0v) is 16.0. The fourth-order valence-electron chi connectivity index (χ4n) is 5.25. The van der Waals surface area contributed by atoms with Crippen LogP contribution in [0.3, 0.4) is 0 Å². The number of rotatable bonds is 8. The second kappa shape index (κ2) is 7.21. The highest BCUT2D eigenvalue weighted by atomic mass is 16.5. The average molecular weight is 356 g/mol. The summed E-state index contributed by atoms with van der Waals surface area (Å²) in [7, 11) is 0. The van der Waals surface area contributed by atoms with E-state index in [0.717, 1.165) is 18.4 Å². The van der Waals surface area contributed by atoms with Gasteiger partial charge in [-0.25, -0.2) is 0 Å². The molecular weight excluding hydrogens is 322 g/mol. The third kappa shape index (κ3) is 3.97. The Bertz CT molecular complexity index is 597. The van der Waals surface area contributed by atoms with Gasteiger partial charge in [-0.2, -0.15) is 0 Å². The van der Waals surface area contributed by atoms with E-state index in [4.69, 9.17) is 4.74 Å². The minimum atomic E-state index is 0.485. The highest BCUT2D eigenvalue weighted by Crippen LogP contribution is 2.46. The molecule has 4 fully saturated rings. The third-order valence-electron chi connectivity index (χ3n) is 7.08. The van der Waals surface area contributed by atoms with Crippen LogP contribution in [0.1, 0.15) is 37.7 Å². The van der Waals surface area contributed by atoms with Crippen LogP contribution < -0.4 is 0 Å². The van der Waals surface area contributed by atoms with Gasteiger partial charge in [0, 0.05) is 56.5 Å². The van der Waals surface area contributed by atoms with Crippen LogP contribution in [0.4, 0.5) is 0 Å². The highest BCUT2D eigenvalue weighted by molar-refractivity contribution is 5.07. The lowest BCUT2D eigenvalue weighted by molar-refractivity contribution is 0.0516. The van der Waals surface area contributed by atoms with Gasteiger partial charge in [-0.3, -0.25) is 4.98 Å². The van der Waals surface area contributed by atoms with Crippen molar-refractivity contribution >= 4 is 0 Å². The summed E-state index contributed by atoms with van der Waals surface area (Å²) in [5.74, 6) is 2.70. The molecule has 0 unspecified atom stereocenters. The van der Waals surface area contributed by atoms with Crippen molar-refractivity contribution in [3.05, 3.63) is 30.1 Å². The summed E-state index contributed by atoms with van der Waals surface area (Å²) in [6.07, 6.45) is 11.0. The molecule has 3 heterocycles. The molecule has 0 N–H and O–H groups in total. The first-order valence-electron chi connectivity index (χ1n) is 10.7. The highest BCUT2D eigenvalue weighted by Gasteiger charge is 2.51. The second-order valence-electron chi connectivity index (χ2n) is 9.50. The average Bonchev–Trinajstić information content (AvgIpc) is 3.56. The first-order chi connectivity index (χ1) is 12.8. The van der Waals surface area contributed by atoms with Crippen molar-refractivity contribution in [3.8, 4) is 0 Å². The normalized spacial score (nSPS) is 32.7. The molecule has 4 nitrogen and oxygen atoms in total. The summed E-state index contributed by atoms with van der Waals surface area (Å²) in [6, 6.07) is 4.11. The van der Waals surface area contributed by atoms with Crippen LogP contribution in [0.2, 0.25) is 0 Å². The number of aromatic nitrogens is 1. The fraction of sp³-hybridized carbons (Fsp3) is 0.773. The third-order valence-corrected chi connectivity index (χ3v) is 7.08. The van der Waals surface area contributed by atoms with Crippen LogP contribution in [0.25, 0.3) is 0 Å². The Morgan fingerprint density at radius 3 is 2.58 bits per heavy atom. The summed E-state index contributed by atoms with van der Waals surface area (Å²) in [5.41, 5.74) is 1.68. The Morgan fingerprint density at radius 1 is 1.08 bits per heavy atom. The molecule has 142 valence electrons. The molecule has 2 aliphatic heterocycles. The number of likely N-dealkylation sites (tertiary alicyclic amines) is 2. The van der Waals surface area contributed by atoms with Crippen molar-refractivity contribution in [2.24, 2.45) is 23.2 Å². The van der Waals surface area contributed by atoms with Crippen LogP contribution in [0, 0.1) is 23.2 Å². The van der Waals surface area contributed by atoms with Crippen molar-refractivity contribution in [3.63, 3.8) is 0 Å². The molecule has 1 aromatic heterocycles. The Balaban J connectivity index is 1.20. The maximum absolute atomic E-state index is 6.20. The van der Waals surface area contributed by atoms with Gasteiger partial charge in [0.15, 0.2) is 0 Å². The molecule has 5 rings (SSSR count). The molecular formula is C22H33N3O. The molecule has 0 aromatic carbocycles. The van der Waals surface area contributed by atoms with Gasteiger partial charge < -0.3 is 14.5 Å².